The summed E-state index contributed by atoms with van der Waals surface area (Å²) >= 11 is 0. The van der Waals surface area contributed by atoms with Crippen molar-refractivity contribution in [3.63, 3.8) is 0 Å². The number of hydrogen-bond acceptors (Lipinski definition) is 3. The summed E-state index contributed by atoms with van der Waals surface area (Å²) in [6.45, 7) is 4.10. The van der Waals surface area contributed by atoms with Gasteiger partial charge in [0, 0.05) is 25.7 Å². The van der Waals surface area contributed by atoms with Crippen molar-refractivity contribution in [3.8, 4) is 11.3 Å². The molecular formula is C16H17FN2O2. The molecule has 0 bridgehead atoms. The molecule has 110 valence electrons. The van der Waals surface area contributed by atoms with E-state index < -0.39 is 0 Å². The molecule has 1 N–H and O–H groups in total. The van der Waals surface area contributed by atoms with E-state index in [-0.39, 0.29) is 23.5 Å². The zero-order valence-corrected chi connectivity index (χ0v) is 11.8. The van der Waals surface area contributed by atoms with Crippen molar-refractivity contribution >= 4 is 5.91 Å². The Kier molecular flexibility index (Phi) is 3.75. The first-order chi connectivity index (χ1) is 10.1. The maximum Gasteiger partial charge on any atom is 0.289 e. The van der Waals surface area contributed by atoms with Crippen molar-refractivity contribution in [1.82, 2.24) is 10.2 Å². The summed E-state index contributed by atoms with van der Waals surface area (Å²) in [4.78, 5) is 14.1. The number of nitrogens with one attached hydrogen (secondary N) is 1. The summed E-state index contributed by atoms with van der Waals surface area (Å²) in [6.07, 6.45) is 0. The van der Waals surface area contributed by atoms with Crippen LogP contribution >= 0.6 is 0 Å². The lowest BCUT2D eigenvalue weighted by molar-refractivity contribution is 0.0678. The SMILES string of the molecule is CC1CN(C(=O)c2ccc(-c3ccccc3F)o2)CCN1. The van der Waals surface area contributed by atoms with Gasteiger partial charge in [0.05, 0.1) is 5.56 Å². The Hall–Kier alpha value is -2.14. The number of piperazine rings is 1. The molecule has 0 spiro atoms. The Morgan fingerprint density at radius 3 is 2.90 bits per heavy atom. The standard InChI is InChI=1S/C16H17FN2O2/c1-11-10-19(9-8-18-11)16(20)15-7-6-14(21-15)12-4-2-3-5-13(12)17/h2-7,11,18H,8-10H2,1H3. The van der Waals surface area contributed by atoms with Crippen molar-refractivity contribution in [2.24, 2.45) is 0 Å². The van der Waals surface area contributed by atoms with E-state index >= 15 is 0 Å². The summed E-state index contributed by atoms with van der Waals surface area (Å²) in [7, 11) is 0. The van der Waals surface area contributed by atoms with Crippen LogP contribution in [0.2, 0.25) is 0 Å². The lowest BCUT2D eigenvalue weighted by atomic mass is 10.1. The molecule has 1 aromatic carbocycles. The molecule has 21 heavy (non-hydrogen) atoms. The molecule has 0 saturated carbocycles. The zero-order chi connectivity index (χ0) is 14.8. The van der Waals surface area contributed by atoms with E-state index in [2.05, 4.69) is 5.32 Å². The van der Waals surface area contributed by atoms with Gasteiger partial charge in [0.2, 0.25) is 0 Å². The molecule has 4 nitrogen and oxygen atoms in total. The molecular weight excluding hydrogens is 271 g/mol. The third-order valence-electron chi connectivity index (χ3n) is 3.61. The second-order valence-corrected chi connectivity index (χ2v) is 5.25. The Labute approximate surface area is 122 Å². The number of halogens is 1. The Balaban J connectivity index is 1.82. The normalized spacial score (nSPS) is 18.8. The topological polar surface area (TPSA) is 45.5 Å². The van der Waals surface area contributed by atoms with E-state index in [1.165, 1.54) is 6.07 Å². The minimum atomic E-state index is -0.360. The predicted octanol–water partition coefficient (Wildman–Crippen LogP) is 2.52. The van der Waals surface area contributed by atoms with Gasteiger partial charge in [-0.15, -0.1) is 0 Å². The maximum absolute atomic E-state index is 13.7. The van der Waals surface area contributed by atoms with E-state index in [1.807, 2.05) is 6.92 Å². The van der Waals surface area contributed by atoms with Crippen molar-refractivity contribution < 1.29 is 13.6 Å². The van der Waals surface area contributed by atoms with E-state index in [1.54, 1.807) is 35.2 Å². The number of carbonyl (C=O) groups excluding carboxylic acids is 1. The summed E-state index contributed by atoms with van der Waals surface area (Å²) in [5.74, 6) is 0.120. The minimum absolute atomic E-state index is 0.147. The van der Waals surface area contributed by atoms with Crippen LogP contribution < -0.4 is 5.32 Å². The van der Waals surface area contributed by atoms with Crippen LogP contribution in [0, 0.1) is 5.82 Å². The van der Waals surface area contributed by atoms with Crippen molar-refractivity contribution in [2.75, 3.05) is 19.6 Å². The smallest absolute Gasteiger partial charge is 0.289 e. The second-order valence-electron chi connectivity index (χ2n) is 5.25. The van der Waals surface area contributed by atoms with Crippen LogP contribution in [0.3, 0.4) is 0 Å². The quantitative estimate of drug-likeness (QED) is 0.923. The molecule has 2 aromatic rings. The monoisotopic (exact) mass is 288 g/mol. The van der Waals surface area contributed by atoms with Gasteiger partial charge in [0.1, 0.15) is 11.6 Å². The van der Waals surface area contributed by atoms with Crippen LogP contribution in [-0.4, -0.2) is 36.5 Å². The summed E-state index contributed by atoms with van der Waals surface area (Å²) in [5.41, 5.74) is 0.366. The highest BCUT2D eigenvalue weighted by molar-refractivity contribution is 5.92. The Morgan fingerprint density at radius 2 is 2.14 bits per heavy atom. The highest BCUT2D eigenvalue weighted by Crippen LogP contribution is 2.25. The summed E-state index contributed by atoms with van der Waals surface area (Å²) in [5, 5.41) is 3.28. The van der Waals surface area contributed by atoms with E-state index in [0.717, 1.165) is 6.54 Å². The molecule has 1 unspecified atom stereocenters. The lowest BCUT2D eigenvalue weighted by Crippen LogP contribution is -2.51. The minimum Gasteiger partial charge on any atom is -0.451 e. The first-order valence-electron chi connectivity index (χ1n) is 7.02. The number of benzene rings is 1. The third kappa shape index (κ3) is 2.83. The van der Waals surface area contributed by atoms with Crippen LogP contribution in [0.15, 0.2) is 40.8 Å². The molecule has 2 heterocycles. The molecule has 1 fully saturated rings. The fourth-order valence-electron chi connectivity index (χ4n) is 2.53. The number of amides is 1. The molecule has 1 saturated heterocycles. The van der Waals surface area contributed by atoms with Crippen LogP contribution in [0.5, 0.6) is 0 Å². The Morgan fingerprint density at radius 1 is 1.33 bits per heavy atom. The number of hydrogen-bond donors (Lipinski definition) is 1. The van der Waals surface area contributed by atoms with Gasteiger partial charge in [-0.25, -0.2) is 4.39 Å². The van der Waals surface area contributed by atoms with Crippen LogP contribution in [0.25, 0.3) is 11.3 Å². The number of carbonyl (C=O) groups is 1. The first-order valence-corrected chi connectivity index (χ1v) is 7.02. The van der Waals surface area contributed by atoms with Crippen molar-refractivity contribution in [1.29, 1.82) is 0 Å². The molecule has 3 rings (SSSR count). The van der Waals surface area contributed by atoms with Gasteiger partial charge in [-0.2, -0.15) is 0 Å². The maximum atomic E-state index is 13.7. The summed E-state index contributed by atoms with van der Waals surface area (Å²) in [6, 6.07) is 9.88. The van der Waals surface area contributed by atoms with Gasteiger partial charge in [-0.3, -0.25) is 4.79 Å². The molecule has 1 aromatic heterocycles. The van der Waals surface area contributed by atoms with Crippen LogP contribution in [-0.2, 0) is 0 Å². The fourth-order valence-corrected chi connectivity index (χ4v) is 2.53. The van der Waals surface area contributed by atoms with Crippen LogP contribution in [0.4, 0.5) is 4.39 Å². The molecule has 0 radical (unpaired) electrons. The van der Waals surface area contributed by atoms with E-state index in [4.69, 9.17) is 4.42 Å². The van der Waals surface area contributed by atoms with Crippen molar-refractivity contribution in [2.45, 2.75) is 13.0 Å². The van der Waals surface area contributed by atoms with Crippen LogP contribution in [0.1, 0.15) is 17.5 Å². The lowest BCUT2D eigenvalue weighted by Gasteiger charge is -2.31. The molecule has 0 aliphatic carbocycles. The van der Waals surface area contributed by atoms with E-state index in [9.17, 15) is 9.18 Å². The fraction of sp³-hybridized carbons (Fsp3) is 0.312. The second kappa shape index (κ2) is 5.69. The molecule has 1 aliphatic heterocycles. The first kappa shape index (κ1) is 13.8. The average Bonchev–Trinajstić information content (AvgIpc) is 2.96. The largest absolute Gasteiger partial charge is 0.451 e. The van der Waals surface area contributed by atoms with Gasteiger partial charge in [-0.1, -0.05) is 12.1 Å². The zero-order valence-electron chi connectivity index (χ0n) is 11.8. The van der Waals surface area contributed by atoms with Gasteiger partial charge in [-0.05, 0) is 31.2 Å². The van der Waals surface area contributed by atoms with Gasteiger partial charge in [0.15, 0.2) is 5.76 Å². The van der Waals surface area contributed by atoms with Gasteiger partial charge >= 0.3 is 0 Å². The molecule has 1 amide bonds. The van der Waals surface area contributed by atoms with Gasteiger partial charge in [0.25, 0.3) is 5.91 Å². The van der Waals surface area contributed by atoms with Crippen molar-refractivity contribution in [3.05, 3.63) is 48.0 Å². The highest BCUT2D eigenvalue weighted by Gasteiger charge is 2.24. The van der Waals surface area contributed by atoms with Gasteiger partial charge < -0.3 is 14.6 Å². The average molecular weight is 288 g/mol. The molecule has 1 atom stereocenters. The summed E-state index contributed by atoms with van der Waals surface area (Å²) < 4.78 is 19.3. The molecule has 5 heteroatoms. The molecule has 1 aliphatic rings. The number of rotatable bonds is 2. The third-order valence-corrected chi connectivity index (χ3v) is 3.61. The Bertz CT molecular complexity index is 653. The number of nitrogens with zero attached hydrogens (tertiary/aromatic N) is 1. The van der Waals surface area contributed by atoms with E-state index in [0.29, 0.717) is 24.4 Å². The highest BCUT2D eigenvalue weighted by atomic mass is 19.1. The number of furan rings is 1. The predicted molar refractivity (Wildman–Crippen MR) is 77.5 cm³/mol.